The zero-order valence-electron chi connectivity index (χ0n) is 9.85. The lowest BCUT2D eigenvalue weighted by Crippen LogP contribution is -2.26. The highest BCUT2D eigenvalue weighted by molar-refractivity contribution is 5.94. The zero-order chi connectivity index (χ0) is 14.6. The Morgan fingerprint density at radius 1 is 1.21 bits per heavy atom. The molecule has 0 spiro atoms. The van der Waals surface area contributed by atoms with E-state index in [1.54, 1.807) is 0 Å². The van der Waals surface area contributed by atoms with Crippen molar-refractivity contribution >= 4 is 23.6 Å². The van der Waals surface area contributed by atoms with Gasteiger partial charge in [0.1, 0.15) is 11.5 Å². The number of halogens is 2. The number of esters is 1. The second-order valence-corrected chi connectivity index (χ2v) is 3.28. The van der Waals surface area contributed by atoms with Gasteiger partial charge >= 0.3 is 5.97 Å². The molecule has 0 unspecified atom stereocenters. The standard InChI is InChI=1S/C10H11F2N5O2/c1-19-8(18)4-2-7(6(12)3-5(4)11)16-10(15)17-9(13)14/h2-3H,1H3,(H6,13,14,15,16,17). The Morgan fingerprint density at radius 2 is 1.84 bits per heavy atom. The molecule has 6 N–H and O–H groups in total. The Bertz CT molecular complexity index is 567. The molecule has 0 atom stereocenters. The summed E-state index contributed by atoms with van der Waals surface area (Å²) >= 11 is 0. The predicted octanol–water partition coefficient (Wildman–Crippen LogP) is -0.0290. The number of hydrogen-bond acceptors (Lipinski definition) is 3. The number of guanidine groups is 2. The van der Waals surface area contributed by atoms with Crippen LogP contribution in [0.3, 0.4) is 0 Å². The van der Waals surface area contributed by atoms with Crippen LogP contribution in [-0.4, -0.2) is 25.0 Å². The third-order valence-corrected chi connectivity index (χ3v) is 1.92. The minimum Gasteiger partial charge on any atom is -0.465 e. The lowest BCUT2D eigenvalue weighted by Gasteiger charge is -2.04. The quantitative estimate of drug-likeness (QED) is 0.395. The summed E-state index contributed by atoms with van der Waals surface area (Å²) in [5.41, 5.74) is 14.5. The summed E-state index contributed by atoms with van der Waals surface area (Å²) in [5, 5.41) is 0. The van der Waals surface area contributed by atoms with Crippen molar-refractivity contribution in [2.45, 2.75) is 0 Å². The van der Waals surface area contributed by atoms with Gasteiger partial charge in [-0.2, -0.15) is 4.99 Å². The maximum Gasteiger partial charge on any atom is 0.340 e. The van der Waals surface area contributed by atoms with Crippen LogP contribution in [0.5, 0.6) is 0 Å². The van der Waals surface area contributed by atoms with Gasteiger partial charge in [-0.05, 0) is 6.07 Å². The minimum atomic E-state index is -1.08. The average molecular weight is 271 g/mol. The molecule has 1 rings (SSSR count). The number of hydrogen-bond donors (Lipinski definition) is 3. The molecule has 0 aromatic heterocycles. The van der Waals surface area contributed by atoms with Crippen LogP contribution in [0, 0.1) is 11.6 Å². The molecule has 0 radical (unpaired) electrons. The zero-order valence-corrected chi connectivity index (χ0v) is 9.85. The van der Waals surface area contributed by atoms with E-state index in [1.807, 2.05) is 0 Å². The van der Waals surface area contributed by atoms with Crippen LogP contribution in [-0.2, 0) is 4.74 Å². The number of aliphatic imine (C=N–C) groups is 2. The van der Waals surface area contributed by atoms with Crippen molar-refractivity contribution in [2.75, 3.05) is 7.11 Å². The van der Waals surface area contributed by atoms with Crippen LogP contribution in [0.4, 0.5) is 14.5 Å². The Labute approximate surface area is 106 Å². The average Bonchev–Trinajstić information content (AvgIpc) is 2.30. The summed E-state index contributed by atoms with van der Waals surface area (Å²) < 4.78 is 31.1. The Kier molecular flexibility index (Phi) is 4.35. The molecule has 0 heterocycles. The van der Waals surface area contributed by atoms with Gasteiger partial charge in [-0.1, -0.05) is 0 Å². The Balaban J connectivity index is 3.29. The van der Waals surface area contributed by atoms with Gasteiger partial charge in [0, 0.05) is 6.07 Å². The van der Waals surface area contributed by atoms with E-state index in [0.717, 1.165) is 13.2 Å². The van der Waals surface area contributed by atoms with E-state index in [9.17, 15) is 13.6 Å². The van der Waals surface area contributed by atoms with Gasteiger partial charge in [-0.25, -0.2) is 18.6 Å². The van der Waals surface area contributed by atoms with E-state index >= 15 is 0 Å². The molecule has 1 aromatic carbocycles. The van der Waals surface area contributed by atoms with E-state index in [-0.39, 0.29) is 5.96 Å². The van der Waals surface area contributed by atoms with E-state index in [2.05, 4.69) is 14.7 Å². The fraction of sp³-hybridized carbons (Fsp3) is 0.100. The number of nitrogens with zero attached hydrogens (tertiary/aromatic N) is 2. The SMILES string of the molecule is COC(=O)c1cc(N=C(N)N=C(N)N)c(F)cc1F. The van der Waals surface area contributed by atoms with Gasteiger partial charge in [-0.3, -0.25) is 0 Å². The van der Waals surface area contributed by atoms with Crippen molar-refractivity contribution in [1.82, 2.24) is 0 Å². The number of rotatable bonds is 2. The first-order chi connectivity index (χ1) is 8.85. The summed E-state index contributed by atoms with van der Waals surface area (Å²) in [5.74, 6) is -3.91. The van der Waals surface area contributed by atoms with Crippen molar-refractivity contribution in [2.24, 2.45) is 27.2 Å². The summed E-state index contributed by atoms with van der Waals surface area (Å²) in [7, 11) is 1.06. The van der Waals surface area contributed by atoms with Crippen LogP contribution in [0.15, 0.2) is 22.1 Å². The summed E-state index contributed by atoms with van der Waals surface area (Å²) in [6, 6.07) is 1.32. The smallest absolute Gasteiger partial charge is 0.340 e. The minimum absolute atomic E-state index is 0.378. The second-order valence-electron chi connectivity index (χ2n) is 3.28. The molecule has 0 saturated heterocycles. The van der Waals surface area contributed by atoms with E-state index in [1.165, 1.54) is 0 Å². The maximum absolute atomic E-state index is 13.4. The molecule has 0 fully saturated rings. The van der Waals surface area contributed by atoms with Gasteiger partial charge < -0.3 is 21.9 Å². The van der Waals surface area contributed by atoms with Gasteiger partial charge in [-0.15, -0.1) is 0 Å². The maximum atomic E-state index is 13.4. The first kappa shape index (κ1) is 14.4. The number of carbonyl (C=O) groups is 1. The molecule has 0 aliphatic heterocycles. The lowest BCUT2D eigenvalue weighted by atomic mass is 10.2. The molecule has 0 amide bonds. The molecule has 0 aliphatic rings. The fourth-order valence-electron chi connectivity index (χ4n) is 1.17. The topological polar surface area (TPSA) is 129 Å². The summed E-state index contributed by atoms with van der Waals surface area (Å²) in [6.45, 7) is 0. The van der Waals surface area contributed by atoms with Crippen molar-refractivity contribution in [3.8, 4) is 0 Å². The highest BCUT2D eigenvalue weighted by Gasteiger charge is 2.16. The van der Waals surface area contributed by atoms with Crippen molar-refractivity contribution in [3.05, 3.63) is 29.3 Å². The van der Waals surface area contributed by atoms with Crippen LogP contribution in [0.1, 0.15) is 10.4 Å². The molecule has 9 heteroatoms. The normalized spacial score (nSPS) is 11.0. The van der Waals surface area contributed by atoms with E-state index in [0.29, 0.717) is 6.07 Å². The molecule has 102 valence electrons. The molecule has 19 heavy (non-hydrogen) atoms. The van der Waals surface area contributed by atoms with Crippen LogP contribution >= 0.6 is 0 Å². The highest BCUT2D eigenvalue weighted by Crippen LogP contribution is 2.22. The van der Waals surface area contributed by atoms with Crippen molar-refractivity contribution in [3.63, 3.8) is 0 Å². The second kappa shape index (κ2) is 5.76. The number of methoxy groups -OCH3 is 1. The van der Waals surface area contributed by atoms with Crippen LogP contribution < -0.4 is 17.2 Å². The van der Waals surface area contributed by atoms with Crippen LogP contribution in [0.25, 0.3) is 0 Å². The van der Waals surface area contributed by atoms with Gasteiger partial charge in [0.05, 0.1) is 12.7 Å². The predicted molar refractivity (Wildman–Crippen MR) is 64.8 cm³/mol. The molecular formula is C10H11F2N5O2. The summed E-state index contributed by atoms with van der Waals surface area (Å²) in [6.07, 6.45) is 0. The first-order valence-corrected chi connectivity index (χ1v) is 4.86. The lowest BCUT2D eigenvalue weighted by molar-refractivity contribution is 0.0595. The number of ether oxygens (including phenoxy) is 1. The Hall–Kier alpha value is -2.71. The van der Waals surface area contributed by atoms with E-state index < -0.39 is 34.8 Å². The third-order valence-electron chi connectivity index (χ3n) is 1.92. The van der Waals surface area contributed by atoms with Gasteiger partial charge in [0.25, 0.3) is 0 Å². The van der Waals surface area contributed by atoms with Gasteiger partial charge in [0.15, 0.2) is 11.8 Å². The van der Waals surface area contributed by atoms with Gasteiger partial charge in [0.2, 0.25) is 5.96 Å². The molecule has 7 nitrogen and oxygen atoms in total. The summed E-state index contributed by atoms with van der Waals surface area (Å²) in [4.78, 5) is 18.1. The van der Waals surface area contributed by atoms with Crippen molar-refractivity contribution in [1.29, 1.82) is 0 Å². The monoisotopic (exact) mass is 271 g/mol. The number of benzene rings is 1. The molecule has 0 aliphatic carbocycles. The molecule has 0 saturated carbocycles. The first-order valence-electron chi connectivity index (χ1n) is 4.86. The fourth-order valence-corrected chi connectivity index (χ4v) is 1.17. The number of carbonyl (C=O) groups excluding carboxylic acids is 1. The van der Waals surface area contributed by atoms with Crippen molar-refractivity contribution < 1.29 is 18.3 Å². The number of nitrogens with two attached hydrogens (primary N) is 3. The van der Waals surface area contributed by atoms with Crippen LogP contribution in [0.2, 0.25) is 0 Å². The molecule has 1 aromatic rings. The molecular weight excluding hydrogens is 260 g/mol. The largest absolute Gasteiger partial charge is 0.465 e. The highest BCUT2D eigenvalue weighted by atomic mass is 19.1. The third kappa shape index (κ3) is 3.63. The van der Waals surface area contributed by atoms with E-state index in [4.69, 9.17) is 17.2 Å². The Morgan fingerprint density at radius 3 is 2.37 bits per heavy atom. The molecule has 0 bridgehead atoms.